The summed E-state index contributed by atoms with van der Waals surface area (Å²) in [4.78, 5) is 38.8. The number of aromatic nitrogens is 2. The molecule has 1 aliphatic heterocycles. The lowest BCUT2D eigenvalue weighted by Gasteiger charge is -2.41. The highest BCUT2D eigenvalue weighted by Crippen LogP contribution is 2.23. The van der Waals surface area contributed by atoms with E-state index in [-0.39, 0.29) is 30.5 Å². The molecule has 0 spiro atoms. The summed E-state index contributed by atoms with van der Waals surface area (Å²) in [5.74, 6) is -1.05. The van der Waals surface area contributed by atoms with Gasteiger partial charge < -0.3 is 15.2 Å². The van der Waals surface area contributed by atoms with Crippen molar-refractivity contribution in [2.24, 2.45) is 0 Å². The Bertz CT molecular complexity index is 1220. The van der Waals surface area contributed by atoms with Gasteiger partial charge in [-0.15, -0.1) is 10.2 Å². The number of halogens is 1. The number of hydrogen-bond donors (Lipinski definition) is 3. The molecule has 2 aromatic carbocycles. The topological polar surface area (TPSA) is 137 Å². The van der Waals surface area contributed by atoms with Crippen LogP contribution in [0.4, 0.5) is 19.7 Å². The van der Waals surface area contributed by atoms with E-state index in [1.807, 2.05) is 0 Å². The van der Waals surface area contributed by atoms with Crippen molar-refractivity contribution in [3.63, 3.8) is 0 Å². The zero-order chi connectivity index (χ0) is 24.9. The zero-order valence-corrected chi connectivity index (χ0v) is 18.5. The third-order valence-corrected chi connectivity index (χ3v) is 5.12. The van der Waals surface area contributed by atoms with Crippen molar-refractivity contribution in [1.29, 1.82) is 0 Å². The van der Waals surface area contributed by atoms with Crippen molar-refractivity contribution in [2.75, 3.05) is 11.9 Å². The number of urea groups is 2. The van der Waals surface area contributed by atoms with E-state index in [9.17, 15) is 18.8 Å². The van der Waals surface area contributed by atoms with Crippen LogP contribution >= 0.6 is 0 Å². The molecule has 0 radical (unpaired) electrons. The Kier molecular flexibility index (Phi) is 6.71. The third-order valence-electron chi connectivity index (χ3n) is 5.12. The van der Waals surface area contributed by atoms with E-state index in [0.717, 1.165) is 4.90 Å². The predicted octanol–water partition coefficient (Wildman–Crippen LogP) is 3.47. The first-order chi connectivity index (χ1) is 16.8. The summed E-state index contributed by atoms with van der Waals surface area (Å²) in [5, 5.41) is 22.0. The largest absolute Gasteiger partial charge is 0.476 e. The molecule has 1 aliphatic rings. The maximum atomic E-state index is 13.3. The molecule has 3 aromatic rings. The van der Waals surface area contributed by atoms with Crippen LogP contribution in [0.3, 0.4) is 0 Å². The van der Waals surface area contributed by atoms with Gasteiger partial charge in [-0.2, -0.15) is 0 Å². The Balaban J connectivity index is 1.47. The first-order valence-electron chi connectivity index (χ1n) is 10.6. The van der Waals surface area contributed by atoms with Gasteiger partial charge >= 0.3 is 18.0 Å². The highest BCUT2D eigenvalue weighted by molar-refractivity contribution is 5.96. The molecule has 4 rings (SSSR count). The van der Waals surface area contributed by atoms with E-state index in [0.29, 0.717) is 17.0 Å². The standard InChI is InChI=1S/C23H21FN6O5/c1-2-29-22(33)26-21(30(23(29)34)13-14-3-5-15(24)6-4-14)25-16-7-9-17(10-8-16)35-19-12-11-18(20(31)32)27-28-19/h3-12,21,25H,2,13H2,1H3,(H,26,33)(H,31,32). The molecule has 2 heterocycles. The van der Waals surface area contributed by atoms with Crippen molar-refractivity contribution in [2.45, 2.75) is 19.8 Å². The lowest BCUT2D eigenvalue weighted by atomic mass is 10.2. The Morgan fingerprint density at radius 1 is 1.09 bits per heavy atom. The molecule has 0 aliphatic carbocycles. The van der Waals surface area contributed by atoms with Gasteiger partial charge in [-0.3, -0.25) is 10.2 Å². The molecule has 1 atom stereocenters. The minimum absolute atomic E-state index is 0.117. The highest BCUT2D eigenvalue weighted by Gasteiger charge is 2.37. The molecular weight excluding hydrogens is 459 g/mol. The molecule has 35 heavy (non-hydrogen) atoms. The van der Waals surface area contributed by atoms with Crippen molar-refractivity contribution in [3.05, 3.63) is 77.7 Å². The number of nitrogens with one attached hydrogen (secondary N) is 2. The Morgan fingerprint density at radius 3 is 2.40 bits per heavy atom. The van der Waals surface area contributed by atoms with Crippen LogP contribution in [0.25, 0.3) is 0 Å². The molecule has 3 N–H and O–H groups in total. The van der Waals surface area contributed by atoms with Crippen LogP contribution in [0.2, 0.25) is 0 Å². The van der Waals surface area contributed by atoms with Crippen LogP contribution in [0, 0.1) is 5.82 Å². The molecule has 0 saturated carbocycles. The van der Waals surface area contributed by atoms with Gasteiger partial charge in [0.1, 0.15) is 11.6 Å². The quantitative estimate of drug-likeness (QED) is 0.446. The molecule has 1 saturated heterocycles. The van der Waals surface area contributed by atoms with Crippen LogP contribution in [0.1, 0.15) is 23.0 Å². The Morgan fingerprint density at radius 2 is 1.80 bits per heavy atom. The van der Waals surface area contributed by atoms with Crippen LogP contribution in [-0.4, -0.2) is 56.0 Å². The lowest BCUT2D eigenvalue weighted by Crippen LogP contribution is -2.66. The van der Waals surface area contributed by atoms with Crippen molar-refractivity contribution < 1.29 is 28.6 Å². The molecule has 1 aromatic heterocycles. The summed E-state index contributed by atoms with van der Waals surface area (Å²) >= 11 is 0. The number of benzene rings is 2. The predicted molar refractivity (Wildman–Crippen MR) is 121 cm³/mol. The van der Waals surface area contributed by atoms with Gasteiger partial charge in [-0.1, -0.05) is 12.1 Å². The van der Waals surface area contributed by atoms with Crippen molar-refractivity contribution in [1.82, 2.24) is 25.3 Å². The highest BCUT2D eigenvalue weighted by atomic mass is 19.1. The minimum atomic E-state index is -1.19. The first-order valence-corrected chi connectivity index (χ1v) is 10.6. The van der Waals surface area contributed by atoms with Crippen LogP contribution in [-0.2, 0) is 6.54 Å². The van der Waals surface area contributed by atoms with Gasteiger partial charge in [-0.05, 0) is 55.0 Å². The zero-order valence-electron chi connectivity index (χ0n) is 18.5. The number of imide groups is 1. The second-order valence-electron chi connectivity index (χ2n) is 7.47. The number of anilines is 1. The molecule has 12 heteroatoms. The van der Waals surface area contributed by atoms with Gasteiger partial charge in [0.05, 0.1) is 6.54 Å². The summed E-state index contributed by atoms with van der Waals surface area (Å²) < 4.78 is 18.9. The third kappa shape index (κ3) is 5.43. The molecule has 4 amide bonds. The van der Waals surface area contributed by atoms with E-state index in [2.05, 4.69) is 20.8 Å². The fourth-order valence-corrected chi connectivity index (χ4v) is 3.35. The summed E-state index contributed by atoms with van der Waals surface area (Å²) in [6.07, 6.45) is -0.857. The summed E-state index contributed by atoms with van der Waals surface area (Å²) in [5.41, 5.74) is 1.07. The number of ether oxygens (including phenoxy) is 1. The smallest absolute Gasteiger partial charge is 0.356 e. The van der Waals surface area contributed by atoms with Gasteiger partial charge in [0.2, 0.25) is 5.88 Å². The van der Waals surface area contributed by atoms with Crippen molar-refractivity contribution in [3.8, 4) is 11.6 Å². The number of nitrogens with zero attached hydrogens (tertiary/aromatic N) is 4. The number of carboxylic acids is 1. The first kappa shape index (κ1) is 23.4. The van der Waals surface area contributed by atoms with Crippen molar-refractivity contribution >= 4 is 23.7 Å². The number of carboxylic acid groups (broad SMARTS) is 1. The number of amides is 4. The van der Waals surface area contributed by atoms with E-state index >= 15 is 0 Å². The molecule has 1 fully saturated rings. The monoisotopic (exact) mass is 480 g/mol. The van der Waals surface area contributed by atoms with Crippen LogP contribution in [0.5, 0.6) is 11.6 Å². The van der Waals surface area contributed by atoms with Crippen LogP contribution in [0.15, 0.2) is 60.7 Å². The Labute approximate surface area is 199 Å². The SMILES string of the molecule is CCN1C(=O)NC(Nc2ccc(Oc3ccc(C(=O)O)nn3)cc2)N(Cc2ccc(F)cc2)C1=O. The number of rotatable bonds is 8. The molecule has 1 unspecified atom stereocenters. The lowest BCUT2D eigenvalue weighted by molar-refractivity contribution is 0.0688. The fourth-order valence-electron chi connectivity index (χ4n) is 3.35. The number of carbonyl (C=O) groups is 3. The van der Waals surface area contributed by atoms with Gasteiger partial charge in [0.25, 0.3) is 0 Å². The van der Waals surface area contributed by atoms with Gasteiger partial charge in [0.15, 0.2) is 12.0 Å². The van der Waals surface area contributed by atoms with E-state index in [1.165, 1.54) is 29.2 Å². The average Bonchev–Trinajstić information content (AvgIpc) is 2.84. The fraction of sp³-hybridized carbons (Fsp3) is 0.174. The summed E-state index contributed by atoms with van der Waals surface area (Å²) in [7, 11) is 0. The normalized spacial score (nSPS) is 15.5. The van der Waals surface area contributed by atoms with E-state index in [4.69, 9.17) is 9.84 Å². The van der Waals surface area contributed by atoms with E-state index < -0.39 is 24.3 Å². The average molecular weight is 480 g/mol. The Hall–Kier alpha value is -4.74. The molecule has 0 bridgehead atoms. The second kappa shape index (κ2) is 10.0. The summed E-state index contributed by atoms with van der Waals surface area (Å²) in [6, 6.07) is 14.0. The van der Waals surface area contributed by atoms with Crippen LogP contribution < -0.4 is 15.4 Å². The summed E-state index contributed by atoms with van der Waals surface area (Å²) in [6.45, 7) is 2.03. The maximum absolute atomic E-state index is 13.3. The molecule has 180 valence electrons. The molecule has 11 nitrogen and oxygen atoms in total. The second-order valence-corrected chi connectivity index (χ2v) is 7.47. The number of carbonyl (C=O) groups excluding carboxylic acids is 2. The maximum Gasteiger partial charge on any atom is 0.356 e. The van der Waals surface area contributed by atoms with Gasteiger partial charge in [-0.25, -0.2) is 23.7 Å². The van der Waals surface area contributed by atoms with Gasteiger partial charge in [0, 0.05) is 18.3 Å². The molecular formula is C23H21FN6O5. The number of hydrogen-bond acceptors (Lipinski definition) is 7. The van der Waals surface area contributed by atoms with E-state index in [1.54, 1.807) is 43.3 Å². The minimum Gasteiger partial charge on any atom is -0.476 e. The number of aromatic carboxylic acids is 1.